The summed E-state index contributed by atoms with van der Waals surface area (Å²) in [6.45, 7) is 3.79. The Balaban J connectivity index is 2.06. The SMILES string of the molecule is CCOc1cc(CNC(=NC)N(C)Cc2ccc(OC)cc2OC)ccc1OC. The predicted molar refractivity (Wildman–Crippen MR) is 115 cm³/mol. The Bertz CT molecular complexity index is 824. The van der Waals surface area contributed by atoms with Crippen LogP contribution in [0.2, 0.25) is 0 Å². The van der Waals surface area contributed by atoms with Crippen LogP contribution in [0.25, 0.3) is 0 Å². The van der Waals surface area contributed by atoms with E-state index in [1.165, 1.54) is 0 Å². The van der Waals surface area contributed by atoms with Gasteiger partial charge in [-0.3, -0.25) is 4.99 Å². The van der Waals surface area contributed by atoms with E-state index < -0.39 is 0 Å². The van der Waals surface area contributed by atoms with Crippen LogP contribution in [0.3, 0.4) is 0 Å². The van der Waals surface area contributed by atoms with Crippen molar-refractivity contribution in [2.45, 2.75) is 20.0 Å². The van der Waals surface area contributed by atoms with Crippen molar-refractivity contribution < 1.29 is 18.9 Å². The van der Waals surface area contributed by atoms with Crippen molar-refractivity contribution in [1.82, 2.24) is 10.2 Å². The van der Waals surface area contributed by atoms with Crippen molar-refractivity contribution in [3.05, 3.63) is 47.5 Å². The smallest absolute Gasteiger partial charge is 0.193 e. The molecule has 7 heteroatoms. The number of benzene rings is 2. The second-order valence-electron chi connectivity index (χ2n) is 6.35. The number of ether oxygens (including phenoxy) is 4. The van der Waals surface area contributed by atoms with E-state index >= 15 is 0 Å². The van der Waals surface area contributed by atoms with Crippen molar-refractivity contribution in [1.29, 1.82) is 0 Å². The number of rotatable bonds is 9. The van der Waals surface area contributed by atoms with Crippen LogP contribution in [-0.4, -0.2) is 52.9 Å². The first kappa shape index (κ1) is 22.2. The number of methoxy groups -OCH3 is 3. The van der Waals surface area contributed by atoms with E-state index in [1.54, 1.807) is 28.4 Å². The van der Waals surface area contributed by atoms with Gasteiger partial charge >= 0.3 is 0 Å². The van der Waals surface area contributed by atoms with Crippen molar-refractivity contribution in [2.24, 2.45) is 4.99 Å². The number of guanidine groups is 1. The zero-order valence-corrected chi connectivity index (χ0v) is 18.1. The predicted octanol–water partition coefficient (Wildman–Crippen LogP) is 3.32. The third-order valence-electron chi connectivity index (χ3n) is 4.45. The fourth-order valence-electron chi connectivity index (χ4n) is 2.98. The highest BCUT2D eigenvalue weighted by Gasteiger charge is 2.12. The van der Waals surface area contributed by atoms with Gasteiger partial charge in [0.1, 0.15) is 11.5 Å². The summed E-state index contributed by atoms with van der Waals surface area (Å²) >= 11 is 0. The molecule has 0 fully saturated rings. The highest BCUT2D eigenvalue weighted by molar-refractivity contribution is 5.79. The molecule has 0 spiro atoms. The summed E-state index contributed by atoms with van der Waals surface area (Å²) in [6, 6.07) is 11.7. The zero-order chi connectivity index (χ0) is 21.2. The summed E-state index contributed by atoms with van der Waals surface area (Å²) in [5.41, 5.74) is 2.12. The normalized spacial score (nSPS) is 11.0. The fourth-order valence-corrected chi connectivity index (χ4v) is 2.98. The molecule has 0 heterocycles. The summed E-state index contributed by atoms with van der Waals surface area (Å²) in [4.78, 5) is 6.43. The Hall–Kier alpha value is -3.09. The molecule has 0 saturated heterocycles. The van der Waals surface area contributed by atoms with Gasteiger partial charge in [0.15, 0.2) is 17.5 Å². The van der Waals surface area contributed by atoms with Gasteiger partial charge in [-0.05, 0) is 36.8 Å². The van der Waals surface area contributed by atoms with E-state index in [0.29, 0.717) is 19.7 Å². The molecule has 0 aromatic heterocycles. The highest BCUT2D eigenvalue weighted by Crippen LogP contribution is 2.28. The van der Waals surface area contributed by atoms with E-state index in [9.17, 15) is 0 Å². The van der Waals surface area contributed by atoms with E-state index in [1.807, 2.05) is 55.3 Å². The molecule has 0 radical (unpaired) electrons. The molecule has 0 atom stereocenters. The van der Waals surface area contributed by atoms with Gasteiger partial charge in [-0.25, -0.2) is 0 Å². The number of nitrogens with one attached hydrogen (secondary N) is 1. The molecular formula is C22H31N3O4. The fraction of sp³-hybridized carbons (Fsp3) is 0.409. The number of hydrogen-bond donors (Lipinski definition) is 1. The molecular weight excluding hydrogens is 370 g/mol. The van der Waals surface area contributed by atoms with Gasteiger partial charge in [0.05, 0.1) is 27.9 Å². The quantitative estimate of drug-likeness (QED) is 0.514. The molecule has 2 aromatic carbocycles. The summed E-state index contributed by atoms with van der Waals surface area (Å²) in [7, 11) is 8.69. The summed E-state index contributed by atoms with van der Waals surface area (Å²) in [6.07, 6.45) is 0. The number of nitrogens with zero attached hydrogens (tertiary/aromatic N) is 2. The summed E-state index contributed by atoms with van der Waals surface area (Å²) < 4.78 is 21.8. The first-order chi connectivity index (χ1) is 14.1. The Morgan fingerprint density at radius 2 is 1.72 bits per heavy atom. The van der Waals surface area contributed by atoms with Crippen molar-refractivity contribution in [3.8, 4) is 23.0 Å². The van der Waals surface area contributed by atoms with Gasteiger partial charge in [0.2, 0.25) is 0 Å². The second-order valence-corrected chi connectivity index (χ2v) is 6.35. The van der Waals surface area contributed by atoms with E-state index in [2.05, 4.69) is 10.3 Å². The van der Waals surface area contributed by atoms with Crippen LogP contribution >= 0.6 is 0 Å². The largest absolute Gasteiger partial charge is 0.497 e. The van der Waals surface area contributed by atoms with Gasteiger partial charge in [-0.2, -0.15) is 0 Å². The maximum absolute atomic E-state index is 5.65. The van der Waals surface area contributed by atoms with Gasteiger partial charge in [-0.1, -0.05) is 6.07 Å². The van der Waals surface area contributed by atoms with Crippen LogP contribution in [0, 0.1) is 0 Å². The van der Waals surface area contributed by atoms with Gasteiger partial charge in [-0.15, -0.1) is 0 Å². The molecule has 0 aliphatic rings. The molecule has 2 aromatic rings. The lowest BCUT2D eigenvalue weighted by atomic mass is 10.2. The molecule has 0 amide bonds. The van der Waals surface area contributed by atoms with Gasteiger partial charge < -0.3 is 29.2 Å². The Morgan fingerprint density at radius 3 is 2.34 bits per heavy atom. The molecule has 0 saturated carbocycles. The molecule has 2 rings (SSSR count). The molecule has 0 aliphatic heterocycles. The average molecular weight is 402 g/mol. The molecule has 7 nitrogen and oxygen atoms in total. The molecule has 1 N–H and O–H groups in total. The number of hydrogen-bond acceptors (Lipinski definition) is 5. The van der Waals surface area contributed by atoms with Crippen molar-refractivity contribution in [2.75, 3.05) is 42.0 Å². The Labute approximate surface area is 173 Å². The van der Waals surface area contributed by atoms with Crippen molar-refractivity contribution >= 4 is 5.96 Å². The lowest BCUT2D eigenvalue weighted by Crippen LogP contribution is -2.38. The van der Waals surface area contributed by atoms with Crippen molar-refractivity contribution in [3.63, 3.8) is 0 Å². The summed E-state index contributed by atoms with van der Waals surface area (Å²) in [5.74, 6) is 3.78. The van der Waals surface area contributed by atoms with Gasteiger partial charge in [0, 0.05) is 38.8 Å². The minimum Gasteiger partial charge on any atom is -0.497 e. The molecule has 0 unspecified atom stereocenters. The minimum absolute atomic E-state index is 0.585. The molecule has 0 bridgehead atoms. The minimum atomic E-state index is 0.585. The van der Waals surface area contributed by atoms with Crippen LogP contribution in [0.15, 0.2) is 41.4 Å². The standard InChI is InChI=1S/C22H31N3O4/c1-7-29-21-12-16(8-11-19(21)27-5)14-24-22(23-2)25(3)15-17-9-10-18(26-4)13-20(17)28-6/h8-13H,7,14-15H2,1-6H3,(H,23,24). The Morgan fingerprint density at radius 1 is 0.966 bits per heavy atom. The first-order valence-electron chi connectivity index (χ1n) is 9.48. The number of aliphatic imine (C=N–C) groups is 1. The average Bonchev–Trinajstić information content (AvgIpc) is 2.74. The maximum Gasteiger partial charge on any atom is 0.193 e. The molecule has 0 aliphatic carbocycles. The van der Waals surface area contributed by atoms with Crippen LogP contribution in [0.4, 0.5) is 0 Å². The Kier molecular flexibility index (Phi) is 8.45. The molecule has 29 heavy (non-hydrogen) atoms. The van der Waals surface area contributed by atoms with Crippen LogP contribution in [0.5, 0.6) is 23.0 Å². The highest BCUT2D eigenvalue weighted by atomic mass is 16.5. The van der Waals surface area contributed by atoms with E-state index in [0.717, 1.165) is 40.1 Å². The maximum atomic E-state index is 5.65. The third-order valence-corrected chi connectivity index (χ3v) is 4.45. The second kappa shape index (κ2) is 11.0. The topological polar surface area (TPSA) is 64.6 Å². The first-order valence-corrected chi connectivity index (χ1v) is 9.48. The lowest BCUT2D eigenvalue weighted by Gasteiger charge is -2.23. The van der Waals surface area contributed by atoms with E-state index in [4.69, 9.17) is 18.9 Å². The summed E-state index contributed by atoms with van der Waals surface area (Å²) in [5, 5.41) is 3.39. The van der Waals surface area contributed by atoms with Gasteiger partial charge in [0.25, 0.3) is 0 Å². The van der Waals surface area contributed by atoms with E-state index in [-0.39, 0.29) is 0 Å². The van der Waals surface area contributed by atoms with Crippen LogP contribution < -0.4 is 24.3 Å². The monoisotopic (exact) mass is 401 g/mol. The zero-order valence-electron chi connectivity index (χ0n) is 18.1. The third kappa shape index (κ3) is 5.94. The lowest BCUT2D eigenvalue weighted by molar-refractivity contribution is 0.310. The van der Waals surface area contributed by atoms with Crippen LogP contribution in [0.1, 0.15) is 18.1 Å². The molecule has 158 valence electrons. The van der Waals surface area contributed by atoms with Crippen LogP contribution in [-0.2, 0) is 13.1 Å².